The molecule has 0 aliphatic heterocycles. The molecule has 0 aromatic rings. The van der Waals surface area contributed by atoms with Crippen LogP contribution >= 0.6 is 0 Å². The zero-order valence-corrected chi connectivity index (χ0v) is 10.9. The van der Waals surface area contributed by atoms with Gasteiger partial charge in [0.05, 0.1) is 0 Å². The van der Waals surface area contributed by atoms with E-state index >= 15 is 0 Å². The van der Waals surface area contributed by atoms with Crippen molar-refractivity contribution in [2.75, 3.05) is 33.8 Å². The van der Waals surface area contributed by atoms with E-state index in [1.165, 1.54) is 38.8 Å². The number of unbranched alkanes of at least 4 members (excludes halogenated alkanes) is 2. The molecule has 2 unspecified atom stereocenters. The Balaban J connectivity index is 2.10. The molecule has 2 N–H and O–H groups in total. The molecule has 2 atom stereocenters. The molecule has 0 amide bonds. The molecule has 3 heteroatoms. The second-order valence-electron chi connectivity index (χ2n) is 5.13. The third-order valence-electron chi connectivity index (χ3n) is 3.77. The summed E-state index contributed by atoms with van der Waals surface area (Å²) in [5, 5.41) is 12.1. The standard InChI is InChI=1S/C13H28N2O/c1-14-13-8-6-7-12(13)11-15(2)9-4-3-5-10-16/h12-14,16H,3-11H2,1-2H3. The van der Waals surface area contributed by atoms with Crippen LogP contribution in [0.3, 0.4) is 0 Å². The van der Waals surface area contributed by atoms with Gasteiger partial charge in [0.25, 0.3) is 0 Å². The number of aliphatic hydroxyl groups excluding tert-OH is 1. The Kier molecular flexibility index (Phi) is 7.01. The van der Waals surface area contributed by atoms with Gasteiger partial charge >= 0.3 is 0 Å². The lowest BCUT2D eigenvalue weighted by Crippen LogP contribution is -2.36. The van der Waals surface area contributed by atoms with Crippen LogP contribution in [0.4, 0.5) is 0 Å². The van der Waals surface area contributed by atoms with Crippen molar-refractivity contribution < 1.29 is 5.11 Å². The summed E-state index contributed by atoms with van der Waals surface area (Å²) in [4.78, 5) is 2.46. The van der Waals surface area contributed by atoms with E-state index in [1.807, 2.05) is 0 Å². The minimum Gasteiger partial charge on any atom is -0.396 e. The average Bonchev–Trinajstić information content (AvgIpc) is 2.71. The minimum atomic E-state index is 0.341. The number of nitrogens with one attached hydrogen (secondary N) is 1. The predicted molar refractivity (Wildman–Crippen MR) is 68.6 cm³/mol. The Hall–Kier alpha value is -0.120. The highest BCUT2D eigenvalue weighted by molar-refractivity contribution is 4.83. The van der Waals surface area contributed by atoms with Gasteiger partial charge in [-0.25, -0.2) is 0 Å². The van der Waals surface area contributed by atoms with Crippen molar-refractivity contribution in [1.29, 1.82) is 0 Å². The molecule has 0 heterocycles. The molecular formula is C13H28N2O. The first-order valence-corrected chi connectivity index (χ1v) is 6.74. The highest BCUT2D eigenvalue weighted by atomic mass is 16.2. The molecule has 1 aliphatic rings. The fraction of sp³-hybridized carbons (Fsp3) is 1.00. The van der Waals surface area contributed by atoms with Crippen LogP contribution in [0.5, 0.6) is 0 Å². The van der Waals surface area contributed by atoms with E-state index in [2.05, 4.69) is 24.3 Å². The summed E-state index contributed by atoms with van der Waals surface area (Å²) >= 11 is 0. The number of rotatable bonds is 8. The van der Waals surface area contributed by atoms with Crippen molar-refractivity contribution >= 4 is 0 Å². The van der Waals surface area contributed by atoms with Crippen molar-refractivity contribution in [1.82, 2.24) is 10.2 Å². The van der Waals surface area contributed by atoms with E-state index in [9.17, 15) is 0 Å². The lowest BCUT2D eigenvalue weighted by Gasteiger charge is -2.25. The van der Waals surface area contributed by atoms with Crippen LogP contribution in [-0.2, 0) is 0 Å². The number of hydrogen-bond donors (Lipinski definition) is 2. The molecule has 16 heavy (non-hydrogen) atoms. The Bertz CT molecular complexity index is 175. The van der Waals surface area contributed by atoms with Crippen LogP contribution < -0.4 is 5.32 Å². The largest absolute Gasteiger partial charge is 0.396 e. The van der Waals surface area contributed by atoms with Gasteiger partial charge in [0, 0.05) is 19.2 Å². The van der Waals surface area contributed by atoms with Crippen molar-refractivity contribution in [3.63, 3.8) is 0 Å². The summed E-state index contributed by atoms with van der Waals surface area (Å²) in [6, 6.07) is 0.736. The molecule has 1 fully saturated rings. The zero-order chi connectivity index (χ0) is 11.8. The first kappa shape index (κ1) is 13.9. The van der Waals surface area contributed by atoms with Gasteiger partial charge < -0.3 is 15.3 Å². The molecule has 0 spiro atoms. The Morgan fingerprint density at radius 2 is 2.06 bits per heavy atom. The first-order chi connectivity index (χ1) is 7.77. The maximum Gasteiger partial charge on any atom is 0.0431 e. The second-order valence-corrected chi connectivity index (χ2v) is 5.13. The maximum atomic E-state index is 8.71. The number of hydrogen-bond acceptors (Lipinski definition) is 3. The van der Waals surface area contributed by atoms with E-state index in [0.717, 1.165) is 24.8 Å². The lowest BCUT2D eigenvalue weighted by atomic mass is 10.0. The minimum absolute atomic E-state index is 0.341. The summed E-state index contributed by atoms with van der Waals surface area (Å²) in [6.45, 7) is 2.74. The molecule has 0 aromatic heterocycles. The summed E-state index contributed by atoms with van der Waals surface area (Å²) in [5.74, 6) is 0.841. The van der Waals surface area contributed by atoms with Gasteiger partial charge in [0.1, 0.15) is 0 Å². The van der Waals surface area contributed by atoms with Gasteiger partial charge in [0.15, 0.2) is 0 Å². The Morgan fingerprint density at radius 3 is 2.75 bits per heavy atom. The third-order valence-corrected chi connectivity index (χ3v) is 3.77. The fourth-order valence-corrected chi connectivity index (χ4v) is 2.80. The Morgan fingerprint density at radius 1 is 1.25 bits per heavy atom. The predicted octanol–water partition coefficient (Wildman–Crippen LogP) is 1.47. The van der Waals surface area contributed by atoms with Crippen LogP contribution in [0.15, 0.2) is 0 Å². The lowest BCUT2D eigenvalue weighted by molar-refractivity contribution is 0.243. The van der Waals surface area contributed by atoms with Crippen molar-refractivity contribution in [3.05, 3.63) is 0 Å². The van der Waals surface area contributed by atoms with E-state index in [4.69, 9.17) is 5.11 Å². The average molecular weight is 228 g/mol. The quantitative estimate of drug-likeness (QED) is 0.618. The van der Waals surface area contributed by atoms with Crippen LogP contribution in [0.2, 0.25) is 0 Å². The smallest absolute Gasteiger partial charge is 0.0431 e. The molecule has 0 bridgehead atoms. The second kappa shape index (κ2) is 8.04. The molecule has 1 saturated carbocycles. The van der Waals surface area contributed by atoms with Gasteiger partial charge in [0.2, 0.25) is 0 Å². The summed E-state index contributed by atoms with van der Waals surface area (Å²) in [7, 11) is 4.31. The molecular weight excluding hydrogens is 200 g/mol. The van der Waals surface area contributed by atoms with E-state index in [-0.39, 0.29) is 0 Å². The van der Waals surface area contributed by atoms with Crippen LogP contribution in [0.1, 0.15) is 38.5 Å². The van der Waals surface area contributed by atoms with Crippen LogP contribution in [0, 0.1) is 5.92 Å². The molecule has 3 nitrogen and oxygen atoms in total. The SMILES string of the molecule is CNC1CCCC1CN(C)CCCCCO. The topological polar surface area (TPSA) is 35.5 Å². The van der Waals surface area contributed by atoms with Crippen molar-refractivity contribution in [2.45, 2.75) is 44.6 Å². The highest BCUT2D eigenvalue weighted by Gasteiger charge is 2.26. The van der Waals surface area contributed by atoms with Crippen molar-refractivity contribution in [3.8, 4) is 0 Å². The molecule has 0 radical (unpaired) electrons. The zero-order valence-electron chi connectivity index (χ0n) is 10.9. The molecule has 1 rings (SSSR count). The van der Waals surface area contributed by atoms with E-state index < -0.39 is 0 Å². The number of nitrogens with zero attached hydrogens (tertiary/aromatic N) is 1. The van der Waals surface area contributed by atoms with Gasteiger partial charge in [-0.3, -0.25) is 0 Å². The van der Waals surface area contributed by atoms with Gasteiger partial charge in [-0.2, -0.15) is 0 Å². The molecule has 0 saturated heterocycles. The van der Waals surface area contributed by atoms with Gasteiger partial charge in [-0.1, -0.05) is 6.42 Å². The molecule has 96 valence electrons. The molecule has 0 aromatic carbocycles. The summed E-state index contributed by atoms with van der Waals surface area (Å²) in [6.07, 6.45) is 7.44. The third kappa shape index (κ3) is 4.81. The monoisotopic (exact) mass is 228 g/mol. The normalized spacial score (nSPS) is 25.5. The fourth-order valence-electron chi connectivity index (χ4n) is 2.80. The van der Waals surface area contributed by atoms with E-state index in [0.29, 0.717) is 6.61 Å². The first-order valence-electron chi connectivity index (χ1n) is 6.74. The van der Waals surface area contributed by atoms with Crippen LogP contribution in [0.25, 0.3) is 0 Å². The van der Waals surface area contributed by atoms with E-state index in [1.54, 1.807) is 0 Å². The van der Waals surface area contributed by atoms with Gasteiger partial charge in [-0.05, 0) is 58.7 Å². The maximum absolute atomic E-state index is 8.71. The molecule has 1 aliphatic carbocycles. The summed E-state index contributed by atoms with van der Waals surface area (Å²) < 4.78 is 0. The Labute approximate surface area is 100 Å². The number of aliphatic hydroxyl groups is 1. The summed E-state index contributed by atoms with van der Waals surface area (Å²) in [5.41, 5.74) is 0. The van der Waals surface area contributed by atoms with Gasteiger partial charge in [-0.15, -0.1) is 0 Å². The highest BCUT2D eigenvalue weighted by Crippen LogP contribution is 2.25. The van der Waals surface area contributed by atoms with Crippen LogP contribution in [-0.4, -0.2) is 49.8 Å². The van der Waals surface area contributed by atoms with Crippen molar-refractivity contribution in [2.24, 2.45) is 5.92 Å².